The Morgan fingerprint density at radius 3 is 2.45 bits per heavy atom. The fraction of sp³-hybridized carbons (Fsp3) is 0.250. The number of aromatic nitrogens is 2. The Bertz CT molecular complexity index is 1150. The maximum atomic E-state index is 13.1. The normalized spacial score (nSPS) is 12.2. The van der Waals surface area contributed by atoms with Crippen molar-refractivity contribution in [2.75, 3.05) is 25.5 Å². The molecule has 0 spiro atoms. The maximum Gasteiger partial charge on any atom is 0.279 e. The minimum atomic E-state index is -3.86. The lowest BCUT2D eigenvalue weighted by Gasteiger charge is -2.13. The Balaban J connectivity index is 1.70. The summed E-state index contributed by atoms with van der Waals surface area (Å²) >= 11 is 0. The summed E-state index contributed by atoms with van der Waals surface area (Å²) in [7, 11) is -0.756. The smallest absolute Gasteiger partial charge is 0.279 e. The van der Waals surface area contributed by atoms with Gasteiger partial charge in [-0.25, -0.2) is 4.98 Å². The topological polar surface area (TPSA) is 91.7 Å². The lowest BCUT2D eigenvalue weighted by molar-refractivity contribution is 0.340. The van der Waals surface area contributed by atoms with E-state index < -0.39 is 10.0 Å². The number of hydrogen-bond acceptors (Lipinski definition) is 6. The molecule has 0 bridgehead atoms. The van der Waals surface area contributed by atoms with Gasteiger partial charge in [0.15, 0.2) is 16.5 Å². The van der Waals surface area contributed by atoms with Crippen molar-refractivity contribution in [1.82, 2.24) is 9.55 Å². The molecule has 1 aliphatic rings. The van der Waals surface area contributed by atoms with Crippen molar-refractivity contribution in [3.05, 3.63) is 54.0 Å². The summed E-state index contributed by atoms with van der Waals surface area (Å²) in [5, 5.41) is 0.0624. The minimum Gasteiger partial charge on any atom is -0.494 e. The van der Waals surface area contributed by atoms with E-state index >= 15 is 0 Å². The summed E-state index contributed by atoms with van der Waals surface area (Å²) in [6, 6.07) is 10.4. The predicted molar refractivity (Wildman–Crippen MR) is 108 cm³/mol. The Labute approximate surface area is 169 Å². The second-order valence-electron chi connectivity index (χ2n) is 6.42. The first kappa shape index (κ1) is 19.1. The molecule has 0 amide bonds. The molecular weight excluding hydrogens is 394 g/mol. The van der Waals surface area contributed by atoms with E-state index in [-0.39, 0.29) is 5.03 Å². The van der Waals surface area contributed by atoms with E-state index in [0.29, 0.717) is 47.5 Å². The number of ether oxygens (including phenoxy) is 3. The summed E-state index contributed by atoms with van der Waals surface area (Å²) < 4.78 is 46.5. The van der Waals surface area contributed by atoms with Crippen LogP contribution in [0.15, 0.2) is 47.6 Å². The van der Waals surface area contributed by atoms with Gasteiger partial charge in [0.1, 0.15) is 11.6 Å². The van der Waals surface area contributed by atoms with Crippen LogP contribution in [-0.4, -0.2) is 38.8 Å². The molecule has 0 unspecified atom stereocenters. The highest BCUT2D eigenvalue weighted by Gasteiger charge is 2.30. The molecule has 152 valence electrons. The first-order valence-electron chi connectivity index (χ1n) is 9.04. The number of nitrogens with zero attached hydrogens (tertiary/aromatic N) is 2. The van der Waals surface area contributed by atoms with Gasteiger partial charge in [0, 0.05) is 18.2 Å². The van der Waals surface area contributed by atoms with Gasteiger partial charge in [-0.05, 0) is 42.8 Å². The Morgan fingerprint density at radius 2 is 1.79 bits per heavy atom. The van der Waals surface area contributed by atoms with E-state index in [1.807, 2.05) is 13.0 Å². The molecule has 0 radical (unpaired) electrons. The number of benzene rings is 2. The number of anilines is 1. The van der Waals surface area contributed by atoms with Crippen LogP contribution in [0, 0.1) is 0 Å². The molecule has 1 aliphatic heterocycles. The SMILES string of the molecule is CCOc1ccc(NS(=O)(=O)c2cnc3n2-c2cc(OC)c(OC)cc2C3)cc1. The predicted octanol–water partition coefficient (Wildman–Crippen LogP) is 2.99. The van der Waals surface area contributed by atoms with E-state index in [9.17, 15) is 8.42 Å². The van der Waals surface area contributed by atoms with E-state index in [4.69, 9.17) is 14.2 Å². The van der Waals surface area contributed by atoms with E-state index in [0.717, 1.165) is 5.56 Å². The van der Waals surface area contributed by atoms with Crippen molar-refractivity contribution in [3.8, 4) is 22.9 Å². The molecule has 3 aromatic rings. The standard InChI is InChI=1S/C20H21N3O5S/c1-4-28-15-7-5-14(6-8-15)22-29(24,25)20-12-21-19-10-13-9-17(26-2)18(27-3)11-16(13)23(19)20/h5-9,11-12,22H,4,10H2,1-3H3. The number of fused-ring (bicyclic) bond motifs is 3. The van der Waals surface area contributed by atoms with Crippen LogP contribution in [-0.2, 0) is 16.4 Å². The lowest BCUT2D eigenvalue weighted by atomic mass is 10.1. The summed E-state index contributed by atoms with van der Waals surface area (Å²) in [4.78, 5) is 4.31. The van der Waals surface area contributed by atoms with E-state index in [1.165, 1.54) is 6.20 Å². The van der Waals surface area contributed by atoms with Crippen molar-refractivity contribution in [2.24, 2.45) is 0 Å². The fourth-order valence-electron chi connectivity index (χ4n) is 3.37. The molecule has 0 saturated carbocycles. The number of sulfonamides is 1. The molecule has 4 rings (SSSR count). The Hall–Kier alpha value is -3.20. The van der Waals surface area contributed by atoms with Gasteiger partial charge in [-0.1, -0.05) is 0 Å². The molecule has 8 nitrogen and oxygen atoms in total. The first-order valence-corrected chi connectivity index (χ1v) is 10.5. The molecular formula is C20H21N3O5S. The second-order valence-corrected chi connectivity index (χ2v) is 8.05. The minimum absolute atomic E-state index is 0.0624. The molecule has 2 aromatic carbocycles. The second kappa shape index (κ2) is 7.32. The van der Waals surface area contributed by atoms with Crippen LogP contribution in [0.2, 0.25) is 0 Å². The molecule has 0 atom stereocenters. The van der Waals surface area contributed by atoms with E-state index in [1.54, 1.807) is 49.1 Å². The molecule has 0 fully saturated rings. The Kier molecular flexibility index (Phi) is 4.83. The highest BCUT2D eigenvalue weighted by atomic mass is 32.2. The van der Waals surface area contributed by atoms with Gasteiger partial charge in [0.25, 0.3) is 10.0 Å². The molecule has 0 saturated heterocycles. The van der Waals surface area contributed by atoms with Crippen molar-refractivity contribution in [3.63, 3.8) is 0 Å². The van der Waals surface area contributed by atoms with Crippen molar-refractivity contribution >= 4 is 15.7 Å². The summed E-state index contributed by atoms with van der Waals surface area (Å²) in [6.07, 6.45) is 1.88. The lowest BCUT2D eigenvalue weighted by Crippen LogP contribution is -2.16. The molecule has 0 aliphatic carbocycles. The van der Waals surface area contributed by atoms with Gasteiger partial charge in [-0.15, -0.1) is 0 Å². The molecule has 29 heavy (non-hydrogen) atoms. The van der Waals surface area contributed by atoms with Crippen LogP contribution in [0.1, 0.15) is 18.3 Å². The van der Waals surface area contributed by atoms with Gasteiger partial charge in [-0.2, -0.15) is 8.42 Å². The van der Waals surface area contributed by atoms with Crippen molar-refractivity contribution in [1.29, 1.82) is 0 Å². The van der Waals surface area contributed by atoms with Gasteiger partial charge in [0.2, 0.25) is 0 Å². The monoisotopic (exact) mass is 415 g/mol. The first-order chi connectivity index (χ1) is 14.0. The zero-order valence-electron chi connectivity index (χ0n) is 16.3. The average molecular weight is 415 g/mol. The van der Waals surface area contributed by atoms with Crippen LogP contribution in [0.5, 0.6) is 17.2 Å². The fourth-order valence-corrected chi connectivity index (χ4v) is 4.55. The van der Waals surface area contributed by atoms with Crippen LogP contribution >= 0.6 is 0 Å². The van der Waals surface area contributed by atoms with Crippen LogP contribution in [0.25, 0.3) is 5.69 Å². The van der Waals surface area contributed by atoms with Gasteiger partial charge < -0.3 is 14.2 Å². The largest absolute Gasteiger partial charge is 0.494 e. The van der Waals surface area contributed by atoms with Crippen LogP contribution in [0.3, 0.4) is 0 Å². The van der Waals surface area contributed by atoms with Gasteiger partial charge >= 0.3 is 0 Å². The molecule has 9 heteroatoms. The zero-order chi connectivity index (χ0) is 20.6. The van der Waals surface area contributed by atoms with Gasteiger partial charge in [0.05, 0.1) is 32.7 Å². The maximum absolute atomic E-state index is 13.1. The third-order valence-electron chi connectivity index (χ3n) is 4.67. The number of rotatable bonds is 7. The van der Waals surface area contributed by atoms with Gasteiger partial charge in [-0.3, -0.25) is 9.29 Å². The van der Waals surface area contributed by atoms with Crippen molar-refractivity contribution in [2.45, 2.75) is 18.4 Å². The van der Waals surface area contributed by atoms with Crippen LogP contribution in [0.4, 0.5) is 5.69 Å². The summed E-state index contributed by atoms with van der Waals surface area (Å²) in [5.41, 5.74) is 2.07. The zero-order valence-corrected chi connectivity index (χ0v) is 17.1. The average Bonchev–Trinajstić information content (AvgIpc) is 3.27. The summed E-state index contributed by atoms with van der Waals surface area (Å²) in [6.45, 7) is 2.43. The molecule has 2 heterocycles. The highest BCUT2D eigenvalue weighted by molar-refractivity contribution is 7.92. The highest BCUT2D eigenvalue weighted by Crippen LogP contribution is 2.38. The number of hydrogen-bond donors (Lipinski definition) is 1. The van der Waals surface area contributed by atoms with Crippen molar-refractivity contribution < 1.29 is 22.6 Å². The quantitative estimate of drug-likeness (QED) is 0.499. The van der Waals surface area contributed by atoms with Crippen LogP contribution < -0.4 is 18.9 Å². The molecule has 1 aromatic heterocycles. The van der Waals surface area contributed by atoms with E-state index in [2.05, 4.69) is 9.71 Å². The summed E-state index contributed by atoms with van der Waals surface area (Å²) in [5.74, 6) is 2.43. The third kappa shape index (κ3) is 3.38. The molecule has 1 N–H and O–H groups in total. The number of methoxy groups -OCH3 is 2. The Morgan fingerprint density at radius 1 is 1.10 bits per heavy atom. The number of nitrogens with one attached hydrogen (secondary N) is 1. The third-order valence-corrected chi connectivity index (χ3v) is 6.01. The number of imidazole rings is 1.